The fraction of sp³-hybridized carbons (Fsp3) is 0.250. The molecule has 0 saturated carbocycles. The van der Waals surface area contributed by atoms with Gasteiger partial charge in [-0.2, -0.15) is 13.2 Å². The summed E-state index contributed by atoms with van der Waals surface area (Å²) in [6.45, 7) is 3.31. The van der Waals surface area contributed by atoms with Gasteiger partial charge in [-0.1, -0.05) is 11.6 Å². The number of ether oxygens (including phenoxy) is 1. The van der Waals surface area contributed by atoms with Gasteiger partial charge in [0.1, 0.15) is 29.6 Å². The minimum absolute atomic E-state index is 0.00175. The van der Waals surface area contributed by atoms with Gasteiger partial charge < -0.3 is 14.7 Å². The number of carboxylic acid groups (broad SMARTS) is 1. The Morgan fingerprint density at radius 2 is 1.83 bits per heavy atom. The van der Waals surface area contributed by atoms with Crippen LogP contribution in [0.4, 0.5) is 19.0 Å². The maximum Gasteiger partial charge on any atom is 0.420 e. The average Bonchev–Trinajstić information content (AvgIpc) is 3.33. The maximum absolute atomic E-state index is 13.6. The second-order valence-corrected chi connectivity index (χ2v) is 11.0. The number of hydrogen-bond donors (Lipinski definition) is 1. The van der Waals surface area contributed by atoms with E-state index in [4.69, 9.17) is 16.3 Å². The molecule has 0 atom stereocenters. The molecule has 1 N–H and O–H groups in total. The lowest BCUT2D eigenvalue weighted by Crippen LogP contribution is -2.28. The highest BCUT2D eigenvalue weighted by Crippen LogP contribution is 2.40. The molecule has 42 heavy (non-hydrogen) atoms. The van der Waals surface area contributed by atoms with Gasteiger partial charge in [-0.25, -0.2) is 14.8 Å². The largest absolute Gasteiger partial charge is 0.491 e. The minimum Gasteiger partial charge on any atom is -0.491 e. The smallest absolute Gasteiger partial charge is 0.420 e. The lowest BCUT2D eigenvalue weighted by Gasteiger charge is -2.19. The number of alkyl halides is 3. The van der Waals surface area contributed by atoms with E-state index in [0.717, 1.165) is 6.07 Å². The molecule has 14 heteroatoms. The van der Waals surface area contributed by atoms with Gasteiger partial charge in [0.2, 0.25) is 0 Å². The van der Waals surface area contributed by atoms with E-state index >= 15 is 0 Å². The van der Waals surface area contributed by atoms with Crippen molar-refractivity contribution in [3.63, 3.8) is 0 Å². The van der Waals surface area contributed by atoms with Gasteiger partial charge in [0.15, 0.2) is 5.52 Å². The van der Waals surface area contributed by atoms with Gasteiger partial charge in [-0.15, -0.1) is 11.3 Å². The van der Waals surface area contributed by atoms with Crippen molar-refractivity contribution in [3.8, 4) is 16.9 Å². The van der Waals surface area contributed by atoms with Gasteiger partial charge in [-0.05, 0) is 44.2 Å². The molecule has 0 spiro atoms. The van der Waals surface area contributed by atoms with Crippen LogP contribution in [-0.2, 0) is 12.7 Å². The van der Waals surface area contributed by atoms with Crippen LogP contribution < -0.4 is 15.2 Å². The van der Waals surface area contributed by atoms with Crippen LogP contribution >= 0.6 is 22.9 Å². The molecular weight excluding hydrogens is 595 g/mol. The molecule has 0 fully saturated rings. The van der Waals surface area contributed by atoms with Crippen LogP contribution in [0.15, 0.2) is 40.5 Å². The van der Waals surface area contributed by atoms with Crippen LogP contribution in [0.3, 0.4) is 0 Å². The van der Waals surface area contributed by atoms with E-state index in [1.807, 2.05) is 6.07 Å². The number of aromatic nitrogens is 4. The topological polar surface area (TPSA) is 110 Å². The van der Waals surface area contributed by atoms with Crippen molar-refractivity contribution >= 4 is 56.0 Å². The number of pyridine rings is 2. The highest BCUT2D eigenvalue weighted by Gasteiger charge is 2.36. The molecule has 218 valence electrons. The fourth-order valence-electron chi connectivity index (χ4n) is 4.63. The Bertz CT molecular complexity index is 1940. The standard InChI is InChI=1S/C28H23ClF3N5O4S/c1-13-9-17(24-22(33-13)18(12-42-24)27(39)40)16-10-15(29)5-6-21(16)41-8-7-37-14(2)34-20-11-19(28(30,31)32)25(36(3)4)35-23(20)26(37)38/h5-6,9-12H,7-8H2,1-4H3,(H,39,40). The number of hydrogen-bond acceptors (Lipinski definition) is 8. The van der Waals surface area contributed by atoms with E-state index in [1.165, 1.54) is 47.2 Å². The van der Waals surface area contributed by atoms with Crippen LogP contribution in [0.5, 0.6) is 5.75 Å². The van der Waals surface area contributed by atoms with Crippen molar-refractivity contribution < 1.29 is 27.8 Å². The van der Waals surface area contributed by atoms with Crippen LogP contribution in [0.25, 0.3) is 32.4 Å². The number of anilines is 1. The van der Waals surface area contributed by atoms with E-state index in [-0.39, 0.29) is 41.4 Å². The summed E-state index contributed by atoms with van der Waals surface area (Å²) in [6.07, 6.45) is -4.67. The highest BCUT2D eigenvalue weighted by molar-refractivity contribution is 7.18. The van der Waals surface area contributed by atoms with Crippen molar-refractivity contribution in [2.75, 3.05) is 25.6 Å². The quantitative estimate of drug-likeness (QED) is 0.230. The molecule has 0 aliphatic heterocycles. The Kier molecular flexibility index (Phi) is 7.58. The molecule has 5 rings (SSSR count). The Morgan fingerprint density at radius 3 is 2.50 bits per heavy atom. The average molecular weight is 618 g/mol. The Balaban J connectivity index is 1.50. The van der Waals surface area contributed by atoms with Crippen LogP contribution in [0.1, 0.15) is 27.4 Å². The molecule has 0 saturated heterocycles. The Labute approximate surface area is 245 Å². The molecule has 0 radical (unpaired) electrons. The van der Waals surface area contributed by atoms with Crippen LogP contribution in [-0.4, -0.2) is 51.3 Å². The monoisotopic (exact) mass is 617 g/mol. The summed E-state index contributed by atoms with van der Waals surface area (Å²) < 4.78 is 48.9. The van der Waals surface area contributed by atoms with Crippen molar-refractivity contribution in [2.24, 2.45) is 0 Å². The summed E-state index contributed by atoms with van der Waals surface area (Å²) in [7, 11) is 2.83. The predicted molar refractivity (Wildman–Crippen MR) is 155 cm³/mol. The second-order valence-electron chi connectivity index (χ2n) is 9.67. The van der Waals surface area contributed by atoms with E-state index < -0.39 is 23.3 Å². The number of carboxylic acids is 1. The highest BCUT2D eigenvalue weighted by atomic mass is 35.5. The number of benzene rings is 1. The number of thiophene rings is 1. The maximum atomic E-state index is 13.6. The number of aromatic carboxylic acids is 1. The number of carbonyl (C=O) groups is 1. The fourth-order valence-corrected chi connectivity index (χ4v) is 5.82. The summed E-state index contributed by atoms with van der Waals surface area (Å²) >= 11 is 7.56. The molecule has 0 aliphatic rings. The second kappa shape index (κ2) is 10.9. The number of aryl methyl sites for hydroxylation is 2. The zero-order chi connectivity index (χ0) is 30.5. The summed E-state index contributed by atoms with van der Waals surface area (Å²) in [5.41, 5.74) is 0.431. The van der Waals surface area contributed by atoms with Gasteiger partial charge >= 0.3 is 12.1 Å². The summed E-state index contributed by atoms with van der Waals surface area (Å²) in [5, 5.41) is 11.5. The molecule has 0 bridgehead atoms. The van der Waals surface area contributed by atoms with Crippen molar-refractivity contribution in [1.82, 2.24) is 19.5 Å². The van der Waals surface area contributed by atoms with Gasteiger partial charge in [-0.3, -0.25) is 14.3 Å². The normalized spacial score (nSPS) is 11.8. The molecule has 9 nitrogen and oxygen atoms in total. The van der Waals surface area contributed by atoms with E-state index in [0.29, 0.717) is 37.8 Å². The van der Waals surface area contributed by atoms with E-state index in [1.54, 1.807) is 25.1 Å². The van der Waals surface area contributed by atoms with Crippen molar-refractivity contribution in [3.05, 3.63) is 73.7 Å². The summed E-state index contributed by atoms with van der Waals surface area (Å²) in [6, 6.07) is 7.66. The number of nitrogens with zero attached hydrogens (tertiary/aromatic N) is 5. The third-order valence-corrected chi connectivity index (χ3v) is 7.75. The molecular formula is C28H23ClF3N5O4S. The minimum atomic E-state index is -4.67. The molecule has 1 aromatic carbocycles. The van der Waals surface area contributed by atoms with E-state index in [9.17, 15) is 27.9 Å². The van der Waals surface area contributed by atoms with Gasteiger partial charge in [0.05, 0.1) is 27.8 Å². The molecule has 4 heterocycles. The summed E-state index contributed by atoms with van der Waals surface area (Å²) in [4.78, 5) is 38.9. The lowest BCUT2D eigenvalue weighted by molar-refractivity contribution is -0.137. The first-order valence-corrected chi connectivity index (χ1v) is 13.7. The Morgan fingerprint density at radius 1 is 1.10 bits per heavy atom. The molecule has 5 aromatic rings. The zero-order valence-electron chi connectivity index (χ0n) is 22.7. The number of rotatable bonds is 7. The first kappa shape index (κ1) is 29.3. The third-order valence-electron chi connectivity index (χ3n) is 6.52. The first-order valence-electron chi connectivity index (χ1n) is 12.5. The molecule has 4 aromatic heterocycles. The summed E-state index contributed by atoms with van der Waals surface area (Å²) in [5.74, 6) is -0.838. The molecule has 0 aliphatic carbocycles. The van der Waals surface area contributed by atoms with Crippen molar-refractivity contribution in [2.45, 2.75) is 26.6 Å². The lowest BCUT2D eigenvalue weighted by atomic mass is 10.0. The number of halogens is 4. The molecule has 0 amide bonds. The van der Waals surface area contributed by atoms with Gasteiger partial charge in [0.25, 0.3) is 5.56 Å². The van der Waals surface area contributed by atoms with Gasteiger partial charge in [0, 0.05) is 41.3 Å². The SMILES string of the molecule is Cc1cc(-c2cc(Cl)ccc2OCCn2c(C)nc3cc(C(F)(F)F)c(N(C)C)nc3c2=O)c2scc(C(=O)O)c2n1. The van der Waals surface area contributed by atoms with Crippen LogP contribution in [0.2, 0.25) is 5.02 Å². The first-order chi connectivity index (χ1) is 19.8. The third kappa shape index (κ3) is 5.37. The van der Waals surface area contributed by atoms with Crippen LogP contribution in [0, 0.1) is 13.8 Å². The zero-order valence-corrected chi connectivity index (χ0v) is 24.3. The van der Waals surface area contributed by atoms with Crippen molar-refractivity contribution in [1.29, 1.82) is 0 Å². The predicted octanol–water partition coefficient (Wildman–Crippen LogP) is 6.20. The Hall–Kier alpha value is -4.23. The molecule has 0 unspecified atom stereocenters. The number of fused-ring (bicyclic) bond motifs is 2. The van der Waals surface area contributed by atoms with E-state index in [2.05, 4.69) is 15.0 Å².